The molecule has 1 N–H and O–H groups in total. The SMILES string of the molecule is CCOCC1CCN(C(=NC)NCC2(N(C)C)CCOCC2)C1.I. The van der Waals surface area contributed by atoms with E-state index in [-0.39, 0.29) is 29.5 Å². The standard InChI is InChI=1S/C17H34N4O2.HI/c1-5-22-13-15-6-9-21(12-15)16(18-2)19-14-17(20(3)4)7-10-23-11-8-17;/h15H,5-14H2,1-4H3,(H,18,19);1H. The third kappa shape index (κ3) is 5.71. The van der Waals surface area contributed by atoms with Gasteiger partial charge in [-0.05, 0) is 40.3 Å². The van der Waals surface area contributed by atoms with E-state index < -0.39 is 0 Å². The van der Waals surface area contributed by atoms with Crippen LogP contribution in [-0.4, -0.2) is 88.5 Å². The molecule has 1 unspecified atom stereocenters. The van der Waals surface area contributed by atoms with Gasteiger partial charge in [0.15, 0.2) is 5.96 Å². The molecule has 1 atom stereocenters. The third-order valence-electron chi connectivity index (χ3n) is 5.30. The minimum atomic E-state index is 0. The van der Waals surface area contributed by atoms with Gasteiger partial charge in [0.25, 0.3) is 0 Å². The van der Waals surface area contributed by atoms with E-state index in [1.807, 2.05) is 7.05 Å². The average Bonchev–Trinajstić information content (AvgIpc) is 3.03. The van der Waals surface area contributed by atoms with E-state index in [1.54, 1.807) is 0 Å². The number of rotatable bonds is 6. The molecule has 0 aromatic heterocycles. The zero-order valence-electron chi connectivity index (χ0n) is 15.7. The molecule has 2 aliphatic rings. The van der Waals surface area contributed by atoms with Crippen molar-refractivity contribution in [3.05, 3.63) is 0 Å². The highest BCUT2D eigenvalue weighted by molar-refractivity contribution is 14.0. The normalized spacial score (nSPS) is 24.1. The van der Waals surface area contributed by atoms with Crippen molar-refractivity contribution in [2.24, 2.45) is 10.9 Å². The number of nitrogens with zero attached hydrogens (tertiary/aromatic N) is 3. The molecule has 142 valence electrons. The van der Waals surface area contributed by atoms with Crippen molar-refractivity contribution in [2.75, 3.05) is 67.2 Å². The monoisotopic (exact) mass is 454 g/mol. The van der Waals surface area contributed by atoms with E-state index in [0.717, 1.165) is 64.9 Å². The van der Waals surface area contributed by atoms with Crippen LogP contribution in [0.5, 0.6) is 0 Å². The number of likely N-dealkylation sites (tertiary alicyclic amines) is 1. The van der Waals surface area contributed by atoms with Crippen LogP contribution >= 0.6 is 24.0 Å². The van der Waals surface area contributed by atoms with Crippen molar-refractivity contribution < 1.29 is 9.47 Å². The Morgan fingerprint density at radius 2 is 2.08 bits per heavy atom. The lowest BCUT2D eigenvalue weighted by Crippen LogP contribution is -2.57. The molecule has 0 radical (unpaired) electrons. The van der Waals surface area contributed by atoms with Gasteiger partial charge in [0.2, 0.25) is 0 Å². The number of nitrogens with one attached hydrogen (secondary N) is 1. The summed E-state index contributed by atoms with van der Waals surface area (Å²) in [6.07, 6.45) is 3.32. The molecule has 7 heteroatoms. The second-order valence-corrected chi connectivity index (χ2v) is 6.89. The van der Waals surface area contributed by atoms with E-state index in [4.69, 9.17) is 9.47 Å². The minimum Gasteiger partial charge on any atom is -0.381 e. The van der Waals surface area contributed by atoms with Crippen molar-refractivity contribution >= 4 is 29.9 Å². The second-order valence-electron chi connectivity index (χ2n) is 6.89. The van der Waals surface area contributed by atoms with Gasteiger partial charge in [-0.1, -0.05) is 0 Å². The second kappa shape index (κ2) is 10.8. The van der Waals surface area contributed by atoms with E-state index >= 15 is 0 Å². The topological polar surface area (TPSA) is 49.3 Å². The van der Waals surface area contributed by atoms with Crippen LogP contribution in [0.2, 0.25) is 0 Å². The van der Waals surface area contributed by atoms with Gasteiger partial charge in [0.05, 0.1) is 6.61 Å². The Balaban J connectivity index is 0.00000288. The fraction of sp³-hybridized carbons (Fsp3) is 0.941. The minimum absolute atomic E-state index is 0. The smallest absolute Gasteiger partial charge is 0.193 e. The Labute approximate surface area is 164 Å². The summed E-state index contributed by atoms with van der Waals surface area (Å²) >= 11 is 0. The van der Waals surface area contributed by atoms with Gasteiger partial charge in [0, 0.05) is 58.0 Å². The lowest BCUT2D eigenvalue weighted by Gasteiger charge is -2.43. The van der Waals surface area contributed by atoms with Gasteiger partial charge in [0.1, 0.15) is 0 Å². The van der Waals surface area contributed by atoms with Crippen LogP contribution in [0.1, 0.15) is 26.2 Å². The predicted octanol–water partition coefficient (Wildman–Crippen LogP) is 1.65. The van der Waals surface area contributed by atoms with Crippen molar-refractivity contribution in [1.82, 2.24) is 15.1 Å². The van der Waals surface area contributed by atoms with E-state index in [9.17, 15) is 0 Å². The van der Waals surface area contributed by atoms with Crippen LogP contribution in [-0.2, 0) is 9.47 Å². The quantitative estimate of drug-likeness (QED) is 0.376. The van der Waals surface area contributed by atoms with E-state index in [0.29, 0.717) is 5.92 Å². The Hall–Kier alpha value is -0.120. The van der Waals surface area contributed by atoms with Crippen molar-refractivity contribution in [3.8, 4) is 0 Å². The van der Waals surface area contributed by atoms with Gasteiger partial charge in [-0.15, -0.1) is 24.0 Å². The van der Waals surface area contributed by atoms with Crippen LogP contribution < -0.4 is 5.32 Å². The maximum Gasteiger partial charge on any atom is 0.193 e. The van der Waals surface area contributed by atoms with Crippen LogP contribution in [0.25, 0.3) is 0 Å². The van der Waals surface area contributed by atoms with Gasteiger partial charge in [-0.2, -0.15) is 0 Å². The number of likely N-dealkylation sites (N-methyl/N-ethyl adjacent to an activating group) is 1. The van der Waals surface area contributed by atoms with Crippen molar-refractivity contribution in [1.29, 1.82) is 0 Å². The molecule has 0 amide bonds. The summed E-state index contributed by atoms with van der Waals surface area (Å²) in [5.74, 6) is 1.65. The first-order valence-corrected chi connectivity index (χ1v) is 8.90. The summed E-state index contributed by atoms with van der Waals surface area (Å²) in [4.78, 5) is 9.21. The molecule has 2 heterocycles. The number of hydrogen-bond acceptors (Lipinski definition) is 4. The first-order chi connectivity index (χ1) is 11.1. The highest BCUT2D eigenvalue weighted by Crippen LogP contribution is 2.25. The fourth-order valence-corrected chi connectivity index (χ4v) is 3.55. The lowest BCUT2D eigenvalue weighted by atomic mass is 9.88. The van der Waals surface area contributed by atoms with Crippen LogP contribution in [0.4, 0.5) is 0 Å². The number of ether oxygens (including phenoxy) is 2. The Kier molecular flexibility index (Phi) is 9.84. The molecule has 24 heavy (non-hydrogen) atoms. The average molecular weight is 454 g/mol. The highest BCUT2D eigenvalue weighted by atomic mass is 127. The van der Waals surface area contributed by atoms with E-state index in [1.165, 1.54) is 6.42 Å². The first-order valence-electron chi connectivity index (χ1n) is 8.90. The van der Waals surface area contributed by atoms with Crippen molar-refractivity contribution in [2.45, 2.75) is 31.7 Å². The van der Waals surface area contributed by atoms with Crippen LogP contribution in [0, 0.1) is 5.92 Å². The van der Waals surface area contributed by atoms with Gasteiger partial charge < -0.3 is 24.6 Å². The molecule has 2 aliphatic heterocycles. The summed E-state index contributed by atoms with van der Waals surface area (Å²) in [5.41, 5.74) is 0.165. The Morgan fingerprint density at radius 3 is 2.67 bits per heavy atom. The molecule has 0 spiro atoms. The summed E-state index contributed by atoms with van der Waals surface area (Å²) in [7, 11) is 6.22. The van der Waals surface area contributed by atoms with Gasteiger partial charge >= 0.3 is 0 Å². The number of guanidine groups is 1. The Morgan fingerprint density at radius 1 is 1.38 bits per heavy atom. The maximum absolute atomic E-state index is 5.57. The van der Waals surface area contributed by atoms with E-state index in [2.05, 4.69) is 41.1 Å². The molecule has 2 saturated heterocycles. The number of hydrogen-bond donors (Lipinski definition) is 1. The zero-order chi connectivity index (χ0) is 16.7. The number of aliphatic imine (C=N–C) groups is 1. The molecular formula is C17H35IN4O2. The molecule has 0 aromatic carbocycles. The summed E-state index contributed by atoms with van der Waals surface area (Å²) in [6, 6.07) is 0. The Bertz CT molecular complexity index is 387. The first kappa shape index (κ1) is 21.9. The van der Waals surface area contributed by atoms with Crippen LogP contribution in [0.3, 0.4) is 0 Å². The largest absolute Gasteiger partial charge is 0.381 e. The predicted molar refractivity (Wildman–Crippen MR) is 109 cm³/mol. The number of halogens is 1. The maximum atomic E-state index is 5.57. The lowest BCUT2D eigenvalue weighted by molar-refractivity contribution is -0.00523. The third-order valence-corrected chi connectivity index (χ3v) is 5.30. The fourth-order valence-electron chi connectivity index (χ4n) is 3.55. The summed E-state index contributed by atoms with van der Waals surface area (Å²) in [6.45, 7) is 8.44. The molecule has 0 bridgehead atoms. The molecule has 0 aromatic rings. The molecule has 6 nitrogen and oxygen atoms in total. The molecule has 2 fully saturated rings. The van der Waals surface area contributed by atoms with Crippen LogP contribution in [0.15, 0.2) is 4.99 Å². The van der Waals surface area contributed by atoms with Gasteiger partial charge in [-0.25, -0.2) is 0 Å². The molecule has 0 aliphatic carbocycles. The van der Waals surface area contributed by atoms with Crippen molar-refractivity contribution in [3.63, 3.8) is 0 Å². The highest BCUT2D eigenvalue weighted by Gasteiger charge is 2.35. The summed E-state index contributed by atoms with van der Waals surface area (Å²) in [5, 5.41) is 3.62. The van der Waals surface area contributed by atoms with Gasteiger partial charge in [-0.3, -0.25) is 4.99 Å². The molecular weight excluding hydrogens is 419 g/mol. The zero-order valence-corrected chi connectivity index (χ0v) is 18.0. The summed E-state index contributed by atoms with van der Waals surface area (Å²) < 4.78 is 11.1. The molecule has 2 rings (SSSR count). The molecule has 0 saturated carbocycles.